The van der Waals surface area contributed by atoms with Crippen molar-refractivity contribution < 1.29 is 23.5 Å². The standard InChI is InChI=1S/C18H12ClFO4S/c1-23-17(21)11-4-2-10(3-5-11)9-24-18(22)16-15(19)13-7-6-12(20)8-14(13)25-16/h2-8H,9H2,1H3. The van der Waals surface area contributed by atoms with Crippen LogP contribution >= 0.6 is 22.9 Å². The molecule has 0 atom stereocenters. The predicted molar refractivity (Wildman–Crippen MR) is 93.7 cm³/mol. The maximum atomic E-state index is 13.3. The van der Waals surface area contributed by atoms with Crippen LogP contribution in [0.4, 0.5) is 4.39 Å². The van der Waals surface area contributed by atoms with Gasteiger partial charge in [0.2, 0.25) is 0 Å². The zero-order valence-electron chi connectivity index (χ0n) is 13.0. The van der Waals surface area contributed by atoms with Crippen molar-refractivity contribution in [3.8, 4) is 0 Å². The van der Waals surface area contributed by atoms with Crippen LogP contribution in [0.3, 0.4) is 0 Å². The van der Waals surface area contributed by atoms with Gasteiger partial charge in [-0.15, -0.1) is 11.3 Å². The summed E-state index contributed by atoms with van der Waals surface area (Å²) in [7, 11) is 1.30. The second kappa shape index (κ2) is 7.21. The topological polar surface area (TPSA) is 52.6 Å². The molecule has 0 unspecified atom stereocenters. The Hall–Kier alpha value is -2.44. The minimum Gasteiger partial charge on any atom is -0.465 e. The molecule has 0 N–H and O–H groups in total. The van der Waals surface area contributed by atoms with E-state index in [4.69, 9.17) is 16.3 Å². The maximum absolute atomic E-state index is 13.3. The van der Waals surface area contributed by atoms with Gasteiger partial charge < -0.3 is 9.47 Å². The van der Waals surface area contributed by atoms with Crippen LogP contribution in [0.5, 0.6) is 0 Å². The molecule has 4 nitrogen and oxygen atoms in total. The molecule has 0 aliphatic heterocycles. The second-order valence-corrected chi connectivity index (χ2v) is 6.58. The molecule has 2 aromatic carbocycles. The predicted octanol–water partition coefficient (Wildman–Crippen LogP) is 4.84. The molecule has 0 amide bonds. The normalized spacial score (nSPS) is 10.7. The van der Waals surface area contributed by atoms with Crippen LogP contribution in [0.25, 0.3) is 10.1 Å². The average Bonchev–Trinajstić information content (AvgIpc) is 2.95. The summed E-state index contributed by atoms with van der Waals surface area (Å²) in [5, 5.41) is 0.869. The maximum Gasteiger partial charge on any atom is 0.350 e. The summed E-state index contributed by atoms with van der Waals surface area (Å²) in [6, 6.07) is 10.7. The van der Waals surface area contributed by atoms with Crippen molar-refractivity contribution in [3.05, 3.63) is 69.3 Å². The molecular formula is C18H12ClFO4S. The van der Waals surface area contributed by atoms with Crippen molar-refractivity contribution in [1.29, 1.82) is 0 Å². The number of fused-ring (bicyclic) bond motifs is 1. The number of carbonyl (C=O) groups is 2. The fraction of sp³-hybridized carbons (Fsp3) is 0.111. The molecule has 0 fully saturated rings. The highest BCUT2D eigenvalue weighted by molar-refractivity contribution is 7.21. The van der Waals surface area contributed by atoms with Crippen molar-refractivity contribution in [2.75, 3.05) is 7.11 Å². The molecule has 1 aromatic heterocycles. The molecule has 3 rings (SSSR count). The Labute approximate surface area is 151 Å². The number of thiophene rings is 1. The SMILES string of the molecule is COC(=O)c1ccc(COC(=O)c2sc3cc(F)ccc3c2Cl)cc1. The highest BCUT2D eigenvalue weighted by Crippen LogP contribution is 2.36. The van der Waals surface area contributed by atoms with Crippen molar-refractivity contribution >= 4 is 45.0 Å². The highest BCUT2D eigenvalue weighted by atomic mass is 35.5. The van der Waals surface area contributed by atoms with Gasteiger partial charge in [0.25, 0.3) is 0 Å². The van der Waals surface area contributed by atoms with Crippen LogP contribution in [-0.4, -0.2) is 19.0 Å². The molecule has 1 heterocycles. The monoisotopic (exact) mass is 378 g/mol. The molecule has 0 saturated carbocycles. The Morgan fingerprint density at radius 1 is 1.12 bits per heavy atom. The first-order chi connectivity index (χ1) is 12.0. The first kappa shape index (κ1) is 17.4. The third-order valence-electron chi connectivity index (χ3n) is 3.52. The van der Waals surface area contributed by atoms with Gasteiger partial charge in [0.15, 0.2) is 0 Å². The van der Waals surface area contributed by atoms with Gasteiger partial charge in [-0.05, 0) is 35.9 Å². The van der Waals surface area contributed by atoms with E-state index in [1.807, 2.05) is 0 Å². The second-order valence-electron chi connectivity index (χ2n) is 5.15. The Bertz CT molecular complexity index is 950. The average molecular weight is 379 g/mol. The summed E-state index contributed by atoms with van der Waals surface area (Å²) in [6.07, 6.45) is 0. The molecule has 128 valence electrons. The van der Waals surface area contributed by atoms with Gasteiger partial charge in [-0.1, -0.05) is 23.7 Å². The number of ether oxygens (including phenoxy) is 2. The van der Waals surface area contributed by atoms with E-state index in [2.05, 4.69) is 4.74 Å². The van der Waals surface area contributed by atoms with Gasteiger partial charge in [0.1, 0.15) is 17.3 Å². The van der Waals surface area contributed by atoms with Crippen LogP contribution in [0.15, 0.2) is 42.5 Å². The van der Waals surface area contributed by atoms with Crippen LogP contribution < -0.4 is 0 Å². The Balaban J connectivity index is 1.72. The molecule has 7 heteroatoms. The lowest BCUT2D eigenvalue weighted by atomic mass is 10.1. The number of esters is 2. The van der Waals surface area contributed by atoms with Gasteiger partial charge in [-0.3, -0.25) is 0 Å². The van der Waals surface area contributed by atoms with E-state index in [9.17, 15) is 14.0 Å². The van der Waals surface area contributed by atoms with Crippen molar-refractivity contribution in [1.82, 2.24) is 0 Å². The van der Waals surface area contributed by atoms with E-state index in [0.717, 1.165) is 11.3 Å². The Morgan fingerprint density at radius 3 is 2.52 bits per heavy atom. The lowest BCUT2D eigenvalue weighted by Gasteiger charge is -2.05. The molecule has 25 heavy (non-hydrogen) atoms. The van der Waals surface area contributed by atoms with Crippen LogP contribution in [-0.2, 0) is 16.1 Å². The number of methoxy groups -OCH3 is 1. The van der Waals surface area contributed by atoms with Crippen molar-refractivity contribution in [2.45, 2.75) is 6.61 Å². The van der Waals surface area contributed by atoms with Crippen molar-refractivity contribution in [2.24, 2.45) is 0 Å². The quantitative estimate of drug-likeness (QED) is 0.610. The van der Waals surface area contributed by atoms with Crippen LogP contribution in [0.2, 0.25) is 5.02 Å². The minimum atomic E-state index is -0.580. The first-order valence-electron chi connectivity index (χ1n) is 7.21. The number of rotatable bonds is 4. The smallest absolute Gasteiger partial charge is 0.350 e. The number of hydrogen-bond acceptors (Lipinski definition) is 5. The van der Waals surface area contributed by atoms with Gasteiger partial charge >= 0.3 is 11.9 Å². The van der Waals surface area contributed by atoms with E-state index in [1.165, 1.54) is 25.3 Å². The van der Waals surface area contributed by atoms with E-state index in [-0.39, 0.29) is 16.5 Å². The molecule has 0 spiro atoms. The molecular weight excluding hydrogens is 367 g/mol. The van der Waals surface area contributed by atoms with E-state index in [1.54, 1.807) is 24.3 Å². The van der Waals surface area contributed by atoms with Gasteiger partial charge in [-0.25, -0.2) is 14.0 Å². The summed E-state index contributed by atoms with van der Waals surface area (Å²) in [5.74, 6) is -1.41. The highest BCUT2D eigenvalue weighted by Gasteiger charge is 2.19. The van der Waals surface area contributed by atoms with E-state index >= 15 is 0 Å². The molecule has 0 aliphatic rings. The van der Waals surface area contributed by atoms with Crippen LogP contribution in [0.1, 0.15) is 25.6 Å². The third-order valence-corrected chi connectivity index (χ3v) is 5.16. The van der Waals surface area contributed by atoms with Gasteiger partial charge in [-0.2, -0.15) is 0 Å². The molecule has 0 bridgehead atoms. The lowest BCUT2D eigenvalue weighted by molar-refractivity contribution is 0.0477. The lowest BCUT2D eigenvalue weighted by Crippen LogP contribution is -2.05. The molecule has 0 radical (unpaired) electrons. The summed E-state index contributed by atoms with van der Waals surface area (Å²) >= 11 is 7.28. The minimum absolute atomic E-state index is 0.0270. The van der Waals surface area contributed by atoms with Gasteiger partial charge in [0.05, 0.1) is 17.7 Å². The summed E-state index contributed by atoms with van der Waals surface area (Å²) < 4.78 is 23.7. The number of hydrogen-bond donors (Lipinski definition) is 0. The Kier molecular flexibility index (Phi) is 5.01. The summed E-state index contributed by atoms with van der Waals surface area (Å²) in [6.45, 7) is 0.0270. The largest absolute Gasteiger partial charge is 0.465 e. The third kappa shape index (κ3) is 3.65. The first-order valence-corrected chi connectivity index (χ1v) is 8.41. The number of benzene rings is 2. The van der Waals surface area contributed by atoms with Crippen LogP contribution in [0, 0.1) is 5.82 Å². The zero-order valence-corrected chi connectivity index (χ0v) is 14.6. The summed E-state index contributed by atoms with van der Waals surface area (Å²) in [5.41, 5.74) is 1.12. The van der Waals surface area contributed by atoms with Gasteiger partial charge in [0, 0.05) is 10.1 Å². The molecule has 3 aromatic rings. The van der Waals surface area contributed by atoms with Crippen molar-refractivity contribution in [3.63, 3.8) is 0 Å². The summed E-state index contributed by atoms with van der Waals surface area (Å²) in [4.78, 5) is 23.9. The Morgan fingerprint density at radius 2 is 1.84 bits per heavy atom. The van der Waals surface area contributed by atoms with E-state index < -0.39 is 17.8 Å². The number of carbonyl (C=O) groups excluding carboxylic acids is 2. The fourth-order valence-corrected chi connectivity index (χ4v) is 3.67. The molecule has 0 aliphatic carbocycles. The van der Waals surface area contributed by atoms with E-state index in [0.29, 0.717) is 21.2 Å². The number of halogens is 2. The fourth-order valence-electron chi connectivity index (χ4n) is 2.24. The zero-order chi connectivity index (χ0) is 18.0. The molecule has 0 saturated heterocycles.